The van der Waals surface area contributed by atoms with Gasteiger partial charge in [0.25, 0.3) is 0 Å². The Bertz CT molecular complexity index is 343. The van der Waals surface area contributed by atoms with E-state index in [0.29, 0.717) is 19.1 Å². The fourth-order valence-corrected chi connectivity index (χ4v) is 2.38. The molecule has 1 aromatic carbocycles. The van der Waals surface area contributed by atoms with Crippen LogP contribution < -0.4 is 5.32 Å². The monoisotopic (exact) mass is 343 g/mol. The molecule has 0 heterocycles. The van der Waals surface area contributed by atoms with Crippen LogP contribution in [0.3, 0.4) is 0 Å². The quantitative estimate of drug-likeness (QED) is 0.623. The topological polar surface area (TPSA) is 30.5 Å². The Morgan fingerprint density at radius 3 is 2.55 bits per heavy atom. The maximum absolute atomic E-state index is 5.53. The van der Waals surface area contributed by atoms with E-state index in [1.54, 1.807) is 7.11 Å². The fourth-order valence-electron chi connectivity index (χ4n) is 2.12. The zero-order valence-electron chi connectivity index (χ0n) is 12.5. The molecule has 20 heavy (non-hydrogen) atoms. The SMILES string of the molecule is CCNCC(CCCOCCOC)c1ccc(Br)cc1. The highest BCUT2D eigenvalue weighted by molar-refractivity contribution is 9.10. The Hall–Kier alpha value is -0.420. The van der Waals surface area contributed by atoms with Gasteiger partial charge in [-0.1, -0.05) is 35.0 Å². The molecule has 0 aliphatic rings. The maximum atomic E-state index is 5.53. The molecule has 0 saturated heterocycles. The molecule has 3 nitrogen and oxygen atoms in total. The molecule has 4 heteroatoms. The van der Waals surface area contributed by atoms with Crippen molar-refractivity contribution in [3.8, 4) is 0 Å². The first kappa shape index (κ1) is 17.6. The maximum Gasteiger partial charge on any atom is 0.0700 e. The number of methoxy groups -OCH3 is 1. The second-order valence-corrected chi connectivity index (χ2v) is 5.72. The minimum absolute atomic E-state index is 0.550. The Labute approximate surface area is 131 Å². The number of ether oxygens (including phenoxy) is 2. The number of likely N-dealkylation sites (N-methyl/N-ethyl adjacent to an activating group) is 1. The Balaban J connectivity index is 2.37. The second kappa shape index (κ2) is 11.3. The van der Waals surface area contributed by atoms with Crippen molar-refractivity contribution < 1.29 is 9.47 Å². The number of hydrogen-bond donors (Lipinski definition) is 1. The third-order valence-electron chi connectivity index (χ3n) is 3.26. The third-order valence-corrected chi connectivity index (χ3v) is 3.78. The van der Waals surface area contributed by atoms with Crippen molar-refractivity contribution in [2.45, 2.75) is 25.7 Å². The molecule has 1 rings (SSSR count). The van der Waals surface area contributed by atoms with Crippen molar-refractivity contribution in [2.75, 3.05) is 40.0 Å². The lowest BCUT2D eigenvalue weighted by Gasteiger charge is -2.18. The summed E-state index contributed by atoms with van der Waals surface area (Å²) in [6.07, 6.45) is 2.22. The molecule has 0 saturated carbocycles. The molecular weight excluding hydrogens is 318 g/mol. The van der Waals surface area contributed by atoms with Crippen molar-refractivity contribution in [3.05, 3.63) is 34.3 Å². The molecule has 114 valence electrons. The molecule has 1 unspecified atom stereocenters. The first-order valence-corrected chi connectivity index (χ1v) is 8.10. The molecule has 1 atom stereocenters. The van der Waals surface area contributed by atoms with Crippen molar-refractivity contribution in [1.29, 1.82) is 0 Å². The van der Waals surface area contributed by atoms with Crippen LogP contribution in [0.25, 0.3) is 0 Å². The molecule has 0 bridgehead atoms. The number of nitrogens with one attached hydrogen (secondary N) is 1. The molecule has 0 aromatic heterocycles. The van der Waals surface area contributed by atoms with Crippen molar-refractivity contribution in [2.24, 2.45) is 0 Å². The summed E-state index contributed by atoms with van der Waals surface area (Å²) < 4.78 is 11.6. The number of hydrogen-bond acceptors (Lipinski definition) is 3. The second-order valence-electron chi connectivity index (χ2n) is 4.80. The average molecular weight is 344 g/mol. The van der Waals surface area contributed by atoms with Crippen LogP contribution >= 0.6 is 15.9 Å². The number of halogens is 1. The van der Waals surface area contributed by atoms with Gasteiger partial charge in [0, 0.05) is 24.7 Å². The van der Waals surface area contributed by atoms with Crippen LogP contribution in [0.15, 0.2) is 28.7 Å². The Morgan fingerprint density at radius 2 is 1.90 bits per heavy atom. The van der Waals surface area contributed by atoms with Gasteiger partial charge in [0.2, 0.25) is 0 Å². The summed E-state index contributed by atoms with van der Waals surface area (Å²) in [6, 6.07) is 8.64. The average Bonchev–Trinajstić information content (AvgIpc) is 2.47. The molecule has 1 N–H and O–H groups in total. The Morgan fingerprint density at radius 1 is 1.15 bits per heavy atom. The smallest absolute Gasteiger partial charge is 0.0700 e. The van der Waals surface area contributed by atoms with Crippen molar-refractivity contribution in [3.63, 3.8) is 0 Å². The summed E-state index contributed by atoms with van der Waals surface area (Å²) in [7, 11) is 1.70. The largest absolute Gasteiger partial charge is 0.382 e. The van der Waals surface area contributed by atoms with Gasteiger partial charge in [-0.2, -0.15) is 0 Å². The predicted molar refractivity (Wildman–Crippen MR) is 87.4 cm³/mol. The highest BCUT2D eigenvalue weighted by Gasteiger charge is 2.10. The minimum Gasteiger partial charge on any atom is -0.382 e. The van der Waals surface area contributed by atoms with E-state index >= 15 is 0 Å². The van der Waals surface area contributed by atoms with E-state index in [2.05, 4.69) is 52.4 Å². The molecule has 0 aliphatic carbocycles. The minimum atomic E-state index is 0.550. The van der Waals surface area contributed by atoms with Crippen LogP contribution in [-0.2, 0) is 9.47 Å². The molecule has 0 amide bonds. The van der Waals surface area contributed by atoms with Crippen molar-refractivity contribution >= 4 is 15.9 Å². The lowest BCUT2D eigenvalue weighted by molar-refractivity contribution is 0.0681. The first-order valence-electron chi connectivity index (χ1n) is 7.30. The summed E-state index contributed by atoms with van der Waals surface area (Å²) >= 11 is 3.49. The highest BCUT2D eigenvalue weighted by atomic mass is 79.9. The lowest BCUT2D eigenvalue weighted by atomic mass is 9.94. The number of rotatable bonds is 11. The summed E-state index contributed by atoms with van der Waals surface area (Å²) in [5, 5.41) is 3.45. The van der Waals surface area contributed by atoms with Crippen LogP contribution in [-0.4, -0.2) is 40.0 Å². The van der Waals surface area contributed by atoms with Crippen LogP contribution in [0.4, 0.5) is 0 Å². The van der Waals surface area contributed by atoms with Crippen LogP contribution in [0.2, 0.25) is 0 Å². The third kappa shape index (κ3) is 7.39. The van der Waals surface area contributed by atoms with Crippen LogP contribution in [0.5, 0.6) is 0 Å². The van der Waals surface area contributed by atoms with Gasteiger partial charge in [-0.3, -0.25) is 0 Å². The van der Waals surface area contributed by atoms with Gasteiger partial charge in [-0.25, -0.2) is 0 Å². The lowest BCUT2D eigenvalue weighted by Crippen LogP contribution is -2.21. The van der Waals surface area contributed by atoms with E-state index in [9.17, 15) is 0 Å². The summed E-state index contributed by atoms with van der Waals surface area (Å²) in [6.45, 7) is 6.35. The first-order chi connectivity index (χ1) is 9.77. The van der Waals surface area contributed by atoms with Gasteiger partial charge in [-0.05, 0) is 43.0 Å². The van der Waals surface area contributed by atoms with Gasteiger partial charge >= 0.3 is 0 Å². The zero-order valence-corrected chi connectivity index (χ0v) is 14.1. The molecule has 0 aliphatic heterocycles. The molecule has 0 spiro atoms. The van der Waals surface area contributed by atoms with E-state index < -0.39 is 0 Å². The van der Waals surface area contributed by atoms with Crippen LogP contribution in [0, 0.1) is 0 Å². The number of benzene rings is 1. The van der Waals surface area contributed by atoms with Crippen LogP contribution in [0.1, 0.15) is 31.2 Å². The Kier molecular flexibility index (Phi) is 9.93. The summed E-state index contributed by atoms with van der Waals surface area (Å²) in [5.41, 5.74) is 1.39. The summed E-state index contributed by atoms with van der Waals surface area (Å²) in [5.74, 6) is 0.550. The van der Waals surface area contributed by atoms with E-state index in [-0.39, 0.29) is 0 Å². The van der Waals surface area contributed by atoms with E-state index in [4.69, 9.17) is 9.47 Å². The van der Waals surface area contributed by atoms with E-state index in [1.807, 2.05) is 0 Å². The van der Waals surface area contributed by atoms with Gasteiger partial charge < -0.3 is 14.8 Å². The van der Waals surface area contributed by atoms with Crippen molar-refractivity contribution in [1.82, 2.24) is 5.32 Å². The van der Waals surface area contributed by atoms with Gasteiger partial charge in [0.15, 0.2) is 0 Å². The standard InChI is InChI=1S/C16H26BrNO2/c1-3-18-13-15(5-4-10-20-12-11-19-2)14-6-8-16(17)9-7-14/h6-9,15,18H,3-5,10-13H2,1-2H3. The molecule has 0 radical (unpaired) electrons. The fraction of sp³-hybridized carbons (Fsp3) is 0.625. The van der Waals surface area contributed by atoms with Gasteiger partial charge in [0.1, 0.15) is 0 Å². The highest BCUT2D eigenvalue weighted by Crippen LogP contribution is 2.22. The van der Waals surface area contributed by atoms with Gasteiger partial charge in [-0.15, -0.1) is 0 Å². The normalized spacial score (nSPS) is 12.6. The van der Waals surface area contributed by atoms with E-state index in [1.165, 1.54) is 5.56 Å². The van der Waals surface area contributed by atoms with Gasteiger partial charge in [0.05, 0.1) is 13.2 Å². The summed E-state index contributed by atoms with van der Waals surface area (Å²) in [4.78, 5) is 0. The van der Waals surface area contributed by atoms with E-state index in [0.717, 1.165) is 37.0 Å². The molecule has 0 fully saturated rings. The molecular formula is C16H26BrNO2. The molecule has 1 aromatic rings. The predicted octanol–water partition coefficient (Wildman–Crippen LogP) is 3.59. The zero-order chi connectivity index (χ0) is 14.6.